The van der Waals surface area contributed by atoms with Gasteiger partial charge in [-0.05, 0) is 24.1 Å². The standard InChI is InChI=1S/C12H14N2O3/c13-10-5-6-11(16)14(12(10)17)7-8-1-3-9(15)4-2-8/h1-4,10,15H,5-7,13H2. The number of aromatic hydroxyl groups is 1. The molecule has 5 heteroatoms. The zero-order valence-corrected chi connectivity index (χ0v) is 9.30. The second-order valence-electron chi connectivity index (χ2n) is 4.13. The van der Waals surface area contributed by atoms with Crippen LogP contribution in [0.25, 0.3) is 0 Å². The smallest absolute Gasteiger partial charge is 0.246 e. The zero-order chi connectivity index (χ0) is 12.4. The maximum Gasteiger partial charge on any atom is 0.246 e. The first kappa shape index (κ1) is 11.6. The Morgan fingerprint density at radius 2 is 1.94 bits per heavy atom. The molecule has 1 heterocycles. The van der Waals surface area contributed by atoms with Crippen molar-refractivity contribution in [2.75, 3.05) is 0 Å². The van der Waals surface area contributed by atoms with E-state index in [1.54, 1.807) is 12.1 Å². The van der Waals surface area contributed by atoms with E-state index in [4.69, 9.17) is 10.8 Å². The zero-order valence-electron chi connectivity index (χ0n) is 9.30. The lowest BCUT2D eigenvalue weighted by atomic mass is 10.0. The first-order chi connectivity index (χ1) is 8.08. The lowest BCUT2D eigenvalue weighted by molar-refractivity contribution is -0.149. The van der Waals surface area contributed by atoms with Gasteiger partial charge in [0.1, 0.15) is 5.75 Å². The van der Waals surface area contributed by atoms with E-state index in [1.807, 2.05) is 0 Å². The minimum absolute atomic E-state index is 0.154. The minimum atomic E-state index is -0.579. The number of nitrogens with two attached hydrogens (primary N) is 1. The molecular formula is C12H14N2O3. The number of carbonyl (C=O) groups excluding carboxylic acids is 2. The summed E-state index contributed by atoms with van der Waals surface area (Å²) < 4.78 is 0. The molecule has 0 spiro atoms. The van der Waals surface area contributed by atoms with E-state index >= 15 is 0 Å². The van der Waals surface area contributed by atoms with Crippen molar-refractivity contribution in [3.8, 4) is 5.75 Å². The maximum atomic E-state index is 11.7. The van der Waals surface area contributed by atoms with Gasteiger partial charge in [0.05, 0.1) is 12.6 Å². The van der Waals surface area contributed by atoms with E-state index in [-0.39, 0.29) is 24.1 Å². The van der Waals surface area contributed by atoms with Gasteiger partial charge in [0.25, 0.3) is 0 Å². The van der Waals surface area contributed by atoms with Crippen LogP contribution in [-0.2, 0) is 16.1 Å². The van der Waals surface area contributed by atoms with Crippen molar-refractivity contribution < 1.29 is 14.7 Å². The first-order valence-corrected chi connectivity index (χ1v) is 5.45. The molecule has 2 rings (SSSR count). The van der Waals surface area contributed by atoms with Gasteiger partial charge < -0.3 is 10.8 Å². The molecule has 5 nitrogen and oxygen atoms in total. The third-order valence-electron chi connectivity index (χ3n) is 2.83. The number of phenolic OH excluding ortho intramolecular Hbond substituents is 1. The fraction of sp³-hybridized carbons (Fsp3) is 0.333. The third kappa shape index (κ3) is 2.45. The Morgan fingerprint density at radius 1 is 1.29 bits per heavy atom. The van der Waals surface area contributed by atoms with Gasteiger partial charge in [-0.2, -0.15) is 0 Å². The van der Waals surface area contributed by atoms with Crippen molar-refractivity contribution >= 4 is 11.8 Å². The highest BCUT2D eigenvalue weighted by molar-refractivity contribution is 6.00. The number of nitrogens with zero attached hydrogens (tertiary/aromatic N) is 1. The molecule has 0 bridgehead atoms. The van der Waals surface area contributed by atoms with Gasteiger partial charge in [-0.3, -0.25) is 14.5 Å². The Balaban J connectivity index is 2.13. The van der Waals surface area contributed by atoms with E-state index in [2.05, 4.69) is 0 Å². The van der Waals surface area contributed by atoms with Gasteiger partial charge in [-0.1, -0.05) is 12.1 Å². The van der Waals surface area contributed by atoms with Crippen LogP contribution in [0.3, 0.4) is 0 Å². The van der Waals surface area contributed by atoms with Crippen LogP contribution in [0.5, 0.6) is 5.75 Å². The van der Waals surface area contributed by atoms with Gasteiger partial charge in [0, 0.05) is 6.42 Å². The predicted octanol–water partition coefficient (Wildman–Crippen LogP) is 0.368. The molecule has 3 N–H and O–H groups in total. The van der Waals surface area contributed by atoms with E-state index in [0.29, 0.717) is 12.8 Å². The monoisotopic (exact) mass is 234 g/mol. The second-order valence-corrected chi connectivity index (χ2v) is 4.13. The molecule has 90 valence electrons. The lowest BCUT2D eigenvalue weighted by Crippen LogP contribution is -2.50. The molecule has 0 saturated carbocycles. The van der Waals surface area contributed by atoms with E-state index in [9.17, 15) is 9.59 Å². The summed E-state index contributed by atoms with van der Waals surface area (Å²) >= 11 is 0. The maximum absolute atomic E-state index is 11.7. The number of benzene rings is 1. The fourth-order valence-corrected chi connectivity index (χ4v) is 1.81. The minimum Gasteiger partial charge on any atom is -0.508 e. The second kappa shape index (κ2) is 4.55. The van der Waals surface area contributed by atoms with Crippen molar-refractivity contribution in [1.82, 2.24) is 4.90 Å². The number of hydrogen-bond acceptors (Lipinski definition) is 4. The average molecular weight is 234 g/mol. The molecule has 0 aliphatic carbocycles. The molecule has 1 aromatic rings. The molecule has 2 amide bonds. The van der Waals surface area contributed by atoms with E-state index < -0.39 is 6.04 Å². The van der Waals surface area contributed by atoms with Crippen LogP contribution >= 0.6 is 0 Å². The molecule has 1 saturated heterocycles. The van der Waals surface area contributed by atoms with Gasteiger partial charge in [0.2, 0.25) is 11.8 Å². The lowest BCUT2D eigenvalue weighted by Gasteiger charge is -2.28. The summed E-state index contributed by atoms with van der Waals surface area (Å²) in [5, 5.41) is 9.14. The SMILES string of the molecule is NC1CCC(=O)N(Cc2ccc(O)cc2)C1=O. The Hall–Kier alpha value is -1.88. The predicted molar refractivity (Wildman–Crippen MR) is 60.9 cm³/mol. The van der Waals surface area contributed by atoms with Crippen molar-refractivity contribution in [2.24, 2.45) is 5.73 Å². The van der Waals surface area contributed by atoms with Crippen LogP contribution < -0.4 is 5.73 Å². The van der Waals surface area contributed by atoms with Crippen LogP contribution in [-0.4, -0.2) is 27.9 Å². The summed E-state index contributed by atoms with van der Waals surface area (Å²) in [6, 6.07) is 5.82. The summed E-state index contributed by atoms with van der Waals surface area (Å²) in [5.41, 5.74) is 6.42. The normalized spacial score (nSPS) is 20.8. The van der Waals surface area contributed by atoms with Gasteiger partial charge >= 0.3 is 0 Å². The molecule has 1 aromatic carbocycles. The van der Waals surface area contributed by atoms with Crippen LogP contribution in [0.1, 0.15) is 18.4 Å². The van der Waals surface area contributed by atoms with Gasteiger partial charge in [-0.25, -0.2) is 0 Å². The highest BCUT2D eigenvalue weighted by Gasteiger charge is 2.31. The van der Waals surface area contributed by atoms with Crippen LogP contribution in [0, 0.1) is 0 Å². The Bertz CT molecular complexity index is 442. The van der Waals surface area contributed by atoms with Gasteiger partial charge in [0.15, 0.2) is 0 Å². The molecule has 1 fully saturated rings. The molecule has 1 unspecified atom stereocenters. The molecule has 1 atom stereocenters. The van der Waals surface area contributed by atoms with E-state index in [1.165, 1.54) is 17.0 Å². The highest BCUT2D eigenvalue weighted by atomic mass is 16.3. The first-order valence-electron chi connectivity index (χ1n) is 5.45. The number of piperidine rings is 1. The number of hydrogen-bond donors (Lipinski definition) is 2. The van der Waals surface area contributed by atoms with Gasteiger partial charge in [-0.15, -0.1) is 0 Å². The van der Waals surface area contributed by atoms with Crippen LogP contribution in [0.2, 0.25) is 0 Å². The Morgan fingerprint density at radius 3 is 2.59 bits per heavy atom. The number of likely N-dealkylation sites (tertiary alicyclic amines) is 1. The summed E-state index contributed by atoms with van der Waals surface area (Å²) in [6.07, 6.45) is 0.731. The van der Waals surface area contributed by atoms with E-state index in [0.717, 1.165) is 5.56 Å². The van der Waals surface area contributed by atoms with Crippen molar-refractivity contribution in [1.29, 1.82) is 0 Å². The molecule has 17 heavy (non-hydrogen) atoms. The molecular weight excluding hydrogens is 220 g/mol. The third-order valence-corrected chi connectivity index (χ3v) is 2.83. The Kier molecular flexibility index (Phi) is 3.10. The summed E-state index contributed by atoms with van der Waals surface area (Å²) in [5.74, 6) is -0.360. The molecule has 0 aromatic heterocycles. The largest absolute Gasteiger partial charge is 0.508 e. The quantitative estimate of drug-likeness (QED) is 0.724. The Labute approximate surface area is 98.8 Å². The van der Waals surface area contributed by atoms with Crippen LogP contribution in [0.15, 0.2) is 24.3 Å². The number of phenols is 1. The topological polar surface area (TPSA) is 83.6 Å². The number of imide groups is 1. The highest BCUT2D eigenvalue weighted by Crippen LogP contribution is 2.17. The molecule has 1 aliphatic rings. The molecule has 0 radical (unpaired) electrons. The van der Waals surface area contributed by atoms with Crippen molar-refractivity contribution in [3.05, 3.63) is 29.8 Å². The summed E-state index contributed by atoms with van der Waals surface area (Å²) in [6.45, 7) is 0.214. The number of carbonyl (C=O) groups is 2. The number of amides is 2. The van der Waals surface area contributed by atoms with Crippen molar-refractivity contribution in [3.63, 3.8) is 0 Å². The van der Waals surface area contributed by atoms with Crippen LogP contribution in [0.4, 0.5) is 0 Å². The summed E-state index contributed by atoms with van der Waals surface area (Å²) in [7, 11) is 0. The van der Waals surface area contributed by atoms with Crippen molar-refractivity contribution in [2.45, 2.75) is 25.4 Å². The average Bonchev–Trinajstić information content (AvgIpc) is 2.32. The molecule has 1 aliphatic heterocycles. The number of rotatable bonds is 2. The summed E-state index contributed by atoms with van der Waals surface area (Å²) in [4.78, 5) is 24.5. The fourth-order valence-electron chi connectivity index (χ4n) is 1.81.